The third-order valence-electron chi connectivity index (χ3n) is 5.18. The van der Waals surface area contributed by atoms with Crippen molar-refractivity contribution in [1.29, 1.82) is 0 Å². The smallest absolute Gasteiger partial charge is 0.221 e. The average Bonchev–Trinajstić information content (AvgIpc) is 3.09. The zero-order valence-electron chi connectivity index (χ0n) is 15.0. The van der Waals surface area contributed by atoms with E-state index in [1.54, 1.807) is 19.3 Å². The molecule has 2 aliphatic rings. The molecule has 0 aromatic carbocycles. The largest absolute Gasteiger partial charge is 0.356 e. The van der Waals surface area contributed by atoms with Gasteiger partial charge in [0.2, 0.25) is 11.8 Å². The molecule has 0 unspecified atom stereocenters. The van der Waals surface area contributed by atoms with Crippen LogP contribution in [0.4, 0.5) is 0 Å². The van der Waals surface area contributed by atoms with Crippen molar-refractivity contribution >= 4 is 11.8 Å². The van der Waals surface area contributed by atoms with Gasteiger partial charge >= 0.3 is 0 Å². The number of aromatic nitrogens is 2. The number of hydrogen-bond acceptors (Lipinski definition) is 4. The normalized spacial score (nSPS) is 23.6. The van der Waals surface area contributed by atoms with Crippen molar-refractivity contribution in [3.05, 3.63) is 18.2 Å². The Balaban J connectivity index is 1.45. The molecule has 1 saturated carbocycles. The van der Waals surface area contributed by atoms with Gasteiger partial charge in [-0.25, -0.2) is 4.98 Å². The number of nitrogens with zero attached hydrogens (tertiary/aromatic N) is 2. The van der Waals surface area contributed by atoms with E-state index in [9.17, 15) is 9.59 Å². The minimum absolute atomic E-state index is 0.0190. The molecule has 3 N–H and O–H groups in total. The first-order chi connectivity index (χ1) is 12.1. The summed E-state index contributed by atoms with van der Waals surface area (Å²) in [5.41, 5.74) is 0. The Morgan fingerprint density at radius 1 is 1.24 bits per heavy atom. The number of aromatic amines is 1. The van der Waals surface area contributed by atoms with E-state index in [0.29, 0.717) is 31.6 Å². The molecule has 1 aliphatic heterocycles. The van der Waals surface area contributed by atoms with E-state index < -0.39 is 0 Å². The summed E-state index contributed by atoms with van der Waals surface area (Å²) < 4.78 is 0. The van der Waals surface area contributed by atoms with Crippen LogP contribution in [0.3, 0.4) is 0 Å². The van der Waals surface area contributed by atoms with Crippen molar-refractivity contribution in [2.24, 2.45) is 5.92 Å². The number of carbonyl (C=O) groups excluding carboxylic acids is 2. The van der Waals surface area contributed by atoms with Gasteiger partial charge in [-0.3, -0.25) is 14.5 Å². The second-order valence-corrected chi connectivity index (χ2v) is 7.30. The number of rotatable bonds is 9. The summed E-state index contributed by atoms with van der Waals surface area (Å²) >= 11 is 0. The number of imidazole rings is 1. The van der Waals surface area contributed by atoms with Crippen LogP contribution in [0, 0.1) is 5.92 Å². The van der Waals surface area contributed by atoms with Crippen molar-refractivity contribution in [3.63, 3.8) is 0 Å². The number of amides is 2. The van der Waals surface area contributed by atoms with Crippen LogP contribution in [0.1, 0.15) is 44.9 Å². The van der Waals surface area contributed by atoms with Crippen molar-refractivity contribution in [3.8, 4) is 0 Å². The van der Waals surface area contributed by atoms with Gasteiger partial charge in [0, 0.05) is 63.9 Å². The van der Waals surface area contributed by atoms with E-state index in [1.807, 2.05) is 0 Å². The molecule has 1 aromatic heterocycles. The van der Waals surface area contributed by atoms with Gasteiger partial charge in [0.25, 0.3) is 0 Å². The summed E-state index contributed by atoms with van der Waals surface area (Å²) in [6, 6.07) is 0.661. The minimum atomic E-state index is 0.0190. The van der Waals surface area contributed by atoms with Gasteiger partial charge < -0.3 is 15.6 Å². The summed E-state index contributed by atoms with van der Waals surface area (Å²) in [6.45, 7) is 3.93. The Morgan fingerprint density at radius 2 is 2.04 bits per heavy atom. The molecule has 1 saturated heterocycles. The quantitative estimate of drug-likeness (QED) is 0.617. The molecule has 2 fully saturated rings. The Hall–Kier alpha value is -1.89. The molecule has 1 aromatic rings. The summed E-state index contributed by atoms with van der Waals surface area (Å²) in [6.07, 6.45) is 9.46. The molecule has 0 spiro atoms. The van der Waals surface area contributed by atoms with Crippen LogP contribution in [-0.4, -0.2) is 58.4 Å². The topological polar surface area (TPSA) is 90.1 Å². The van der Waals surface area contributed by atoms with E-state index in [4.69, 9.17) is 0 Å². The number of likely N-dealkylation sites (tertiary alicyclic amines) is 1. The molecular formula is C18H29N5O2. The zero-order valence-corrected chi connectivity index (χ0v) is 15.0. The third-order valence-corrected chi connectivity index (χ3v) is 5.18. The molecule has 138 valence electrons. The van der Waals surface area contributed by atoms with E-state index in [2.05, 4.69) is 25.5 Å². The molecule has 2 amide bonds. The monoisotopic (exact) mass is 347 g/mol. The van der Waals surface area contributed by atoms with E-state index >= 15 is 0 Å². The van der Waals surface area contributed by atoms with Gasteiger partial charge in [0.15, 0.2) is 0 Å². The van der Waals surface area contributed by atoms with Crippen LogP contribution in [0.2, 0.25) is 0 Å². The van der Waals surface area contributed by atoms with Gasteiger partial charge in [-0.05, 0) is 31.6 Å². The average molecular weight is 347 g/mol. The molecule has 2 heterocycles. The standard InChI is InChI=1S/C18H29N5O2/c1-13(24)22-11-16-5-4-15(23(16)12-14-2-3-14)10-18(25)21-7-6-17-19-8-9-20-17/h8-9,14-16H,2-7,10-12H2,1H3,(H,19,20)(H,21,25)(H,22,24)/t15-,16+/m0/s1. The molecule has 2 atom stereocenters. The first-order valence-electron chi connectivity index (χ1n) is 9.37. The molecule has 1 aliphatic carbocycles. The number of carbonyl (C=O) groups is 2. The summed E-state index contributed by atoms with van der Waals surface area (Å²) in [5, 5.41) is 5.95. The van der Waals surface area contributed by atoms with Crippen LogP contribution < -0.4 is 10.6 Å². The molecule has 7 heteroatoms. The van der Waals surface area contributed by atoms with Gasteiger partial charge in [-0.15, -0.1) is 0 Å². The van der Waals surface area contributed by atoms with Gasteiger partial charge in [-0.1, -0.05) is 0 Å². The van der Waals surface area contributed by atoms with Crippen molar-refractivity contribution < 1.29 is 9.59 Å². The SMILES string of the molecule is CC(=O)NC[C@H]1CC[C@@H](CC(=O)NCCc2ncc[nH]2)N1CC1CC1. The summed E-state index contributed by atoms with van der Waals surface area (Å²) in [4.78, 5) is 33.2. The molecular weight excluding hydrogens is 318 g/mol. The molecule has 0 radical (unpaired) electrons. The van der Waals surface area contributed by atoms with Crippen LogP contribution in [0.15, 0.2) is 12.4 Å². The second kappa shape index (κ2) is 8.47. The predicted octanol–water partition coefficient (Wildman–Crippen LogP) is 0.838. The molecule has 3 rings (SSSR count). The van der Waals surface area contributed by atoms with Crippen LogP contribution in [0.25, 0.3) is 0 Å². The lowest BCUT2D eigenvalue weighted by Crippen LogP contribution is -2.45. The number of nitrogens with one attached hydrogen (secondary N) is 3. The fourth-order valence-electron chi connectivity index (χ4n) is 3.65. The summed E-state index contributed by atoms with van der Waals surface area (Å²) in [5.74, 6) is 1.80. The Bertz CT molecular complexity index is 570. The van der Waals surface area contributed by atoms with E-state index in [0.717, 1.165) is 37.5 Å². The van der Waals surface area contributed by atoms with Crippen molar-refractivity contribution in [1.82, 2.24) is 25.5 Å². The van der Waals surface area contributed by atoms with Crippen LogP contribution in [-0.2, 0) is 16.0 Å². The first-order valence-corrected chi connectivity index (χ1v) is 9.37. The van der Waals surface area contributed by atoms with E-state index in [1.165, 1.54) is 12.8 Å². The lowest BCUT2D eigenvalue weighted by molar-refractivity contribution is -0.122. The maximum absolute atomic E-state index is 12.3. The lowest BCUT2D eigenvalue weighted by atomic mass is 10.1. The van der Waals surface area contributed by atoms with Gasteiger partial charge in [0.05, 0.1) is 0 Å². The lowest BCUT2D eigenvalue weighted by Gasteiger charge is -2.30. The van der Waals surface area contributed by atoms with E-state index in [-0.39, 0.29) is 11.8 Å². The first kappa shape index (κ1) is 17.9. The van der Waals surface area contributed by atoms with Gasteiger partial charge in [0.1, 0.15) is 5.82 Å². The fourth-order valence-corrected chi connectivity index (χ4v) is 3.65. The maximum Gasteiger partial charge on any atom is 0.221 e. The maximum atomic E-state index is 12.3. The van der Waals surface area contributed by atoms with Crippen molar-refractivity contribution in [2.45, 2.75) is 57.5 Å². The zero-order chi connectivity index (χ0) is 17.6. The highest BCUT2D eigenvalue weighted by Crippen LogP contribution is 2.35. The molecule has 0 bridgehead atoms. The van der Waals surface area contributed by atoms with Crippen molar-refractivity contribution in [2.75, 3.05) is 19.6 Å². The van der Waals surface area contributed by atoms with Gasteiger partial charge in [-0.2, -0.15) is 0 Å². The molecule has 25 heavy (non-hydrogen) atoms. The fraction of sp³-hybridized carbons (Fsp3) is 0.722. The second-order valence-electron chi connectivity index (χ2n) is 7.30. The summed E-state index contributed by atoms with van der Waals surface area (Å²) in [7, 11) is 0. The minimum Gasteiger partial charge on any atom is -0.356 e. The van der Waals surface area contributed by atoms with Crippen LogP contribution in [0.5, 0.6) is 0 Å². The Morgan fingerprint density at radius 3 is 2.72 bits per heavy atom. The van der Waals surface area contributed by atoms with Crippen LogP contribution >= 0.6 is 0 Å². The number of hydrogen-bond donors (Lipinski definition) is 3. The highest BCUT2D eigenvalue weighted by atomic mass is 16.2. The predicted molar refractivity (Wildman–Crippen MR) is 94.8 cm³/mol. The Kier molecular flexibility index (Phi) is 6.07. The third kappa shape index (κ3) is 5.56. The highest BCUT2D eigenvalue weighted by molar-refractivity contribution is 5.76. The number of H-pyrrole nitrogens is 1. The highest BCUT2D eigenvalue weighted by Gasteiger charge is 2.37. The molecule has 7 nitrogen and oxygen atoms in total. The Labute approximate surface area is 149 Å².